The molecule has 1 aromatic carbocycles. The van der Waals surface area contributed by atoms with Crippen molar-refractivity contribution < 1.29 is 9.90 Å². The lowest BCUT2D eigenvalue weighted by Gasteiger charge is -2.25. The second kappa shape index (κ2) is 5.77. The molecule has 2 nitrogen and oxygen atoms in total. The summed E-state index contributed by atoms with van der Waals surface area (Å²) in [4.78, 5) is 10.9. The average molecular weight is 260 g/mol. The van der Waals surface area contributed by atoms with Crippen molar-refractivity contribution in [2.24, 2.45) is 0 Å². The Morgan fingerprint density at radius 3 is 2.26 bits per heavy atom. The molecule has 19 heavy (non-hydrogen) atoms. The molecule has 0 radical (unpaired) electrons. The van der Waals surface area contributed by atoms with Crippen molar-refractivity contribution in [1.29, 1.82) is 0 Å². The van der Waals surface area contributed by atoms with Crippen LogP contribution in [0.15, 0.2) is 24.3 Å². The van der Waals surface area contributed by atoms with Gasteiger partial charge in [-0.15, -0.1) is 0 Å². The van der Waals surface area contributed by atoms with Gasteiger partial charge in [-0.25, -0.2) is 0 Å². The first-order chi connectivity index (χ1) is 8.99. The summed E-state index contributed by atoms with van der Waals surface area (Å²) >= 11 is 0. The molecule has 0 amide bonds. The van der Waals surface area contributed by atoms with Crippen molar-refractivity contribution in [3.63, 3.8) is 0 Å². The molecule has 0 atom stereocenters. The summed E-state index contributed by atoms with van der Waals surface area (Å²) in [6.07, 6.45) is 6.85. The monoisotopic (exact) mass is 260 g/mol. The summed E-state index contributed by atoms with van der Waals surface area (Å²) in [5, 5.41) is 8.97. The van der Waals surface area contributed by atoms with E-state index in [0.29, 0.717) is 5.92 Å². The molecule has 0 unspecified atom stereocenters. The van der Waals surface area contributed by atoms with Crippen LogP contribution in [0.2, 0.25) is 0 Å². The van der Waals surface area contributed by atoms with E-state index in [9.17, 15) is 4.79 Å². The van der Waals surface area contributed by atoms with Crippen LogP contribution in [0.25, 0.3) is 0 Å². The molecular formula is C17H24O2. The van der Waals surface area contributed by atoms with E-state index < -0.39 is 5.97 Å². The third kappa shape index (κ3) is 3.59. The molecule has 0 heterocycles. The maximum atomic E-state index is 10.9. The van der Waals surface area contributed by atoms with Crippen LogP contribution in [0.4, 0.5) is 0 Å². The topological polar surface area (TPSA) is 37.3 Å². The highest BCUT2D eigenvalue weighted by atomic mass is 16.4. The van der Waals surface area contributed by atoms with Gasteiger partial charge in [0.05, 0.1) is 6.42 Å². The zero-order valence-electron chi connectivity index (χ0n) is 12.0. The van der Waals surface area contributed by atoms with Crippen LogP contribution < -0.4 is 0 Å². The van der Waals surface area contributed by atoms with Gasteiger partial charge in [0.1, 0.15) is 0 Å². The fourth-order valence-electron chi connectivity index (χ4n) is 3.12. The number of benzene rings is 1. The molecule has 1 saturated carbocycles. The number of carboxylic acid groups (broad SMARTS) is 1. The molecule has 104 valence electrons. The van der Waals surface area contributed by atoms with Gasteiger partial charge in [0, 0.05) is 5.41 Å². The van der Waals surface area contributed by atoms with Crippen LogP contribution in [-0.2, 0) is 10.2 Å². The fourth-order valence-corrected chi connectivity index (χ4v) is 3.12. The molecule has 2 rings (SSSR count). The van der Waals surface area contributed by atoms with Crippen LogP contribution in [0, 0.1) is 0 Å². The highest BCUT2D eigenvalue weighted by molar-refractivity contribution is 5.68. The van der Waals surface area contributed by atoms with Crippen LogP contribution in [0.1, 0.15) is 69.4 Å². The Labute approximate surface area is 115 Å². The number of hydrogen-bond donors (Lipinski definition) is 1. The largest absolute Gasteiger partial charge is 0.481 e. The Hall–Kier alpha value is -1.31. The van der Waals surface area contributed by atoms with Crippen molar-refractivity contribution in [1.82, 2.24) is 0 Å². The van der Waals surface area contributed by atoms with Crippen molar-refractivity contribution in [2.75, 3.05) is 0 Å². The Morgan fingerprint density at radius 1 is 1.16 bits per heavy atom. The van der Waals surface area contributed by atoms with E-state index in [0.717, 1.165) is 5.56 Å². The minimum absolute atomic E-state index is 0.176. The molecule has 1 aromatic rings. The fraction of sp³-hybridized carbons (Fsp3) is 0.588. The van der Waals surface area contributed by atoms with E-state index in [-0.39, 0.29) is 11.8 Å². The van der Waals surface area contributed by atoms with Gasteiger partial charge in [-0.3, -0.25) is 4.79 Å². The molecule has 0 saturated heterocycles. The minimum atomic E-state index is -0.735. The van der Waals surface area contributed by atoms with Gasteiger partial charge >= 0.3 is 5.97 Å². The second-order valence-corrected chi connectivity index (χ2v) is 6.41. The average Bonchev–Trinajstić information content (AvgIpc) is 2.38. The van der Waals surface area contributed by atoms with Crippen LogP contribution in [0.5, 0.6) is 0 Å². The van der Waals surface area contributed by atoms with Crippen LogP contribution in [0.3, 0.4) is 0 Å². The summed E-state index contributed by atoms with van der Waals surface area (Å²) in [6, 6.07) is 8.64. The SMILES string of the molecule is CC(C)(CC(=O)O)c1ccc(C2CCCCC2)cc1. The Balaban J connectivity index is 2.11. The minimum Gasteiger partial charge on any atom is -0.481 e. The number of aliphatic carboxylic acids is 1. The molecule has 0 spiro atoms. The van der Waals surface area contributed by atoms with Gasteiger partial charge in [0.2, 0.25) is 0 Å². The molecule has 1 aliphatic rings. The number of carboxylic acids is 1. The molecule has 0 aliphatic heterocycles. The van der Waals surface area contributed by atoms with Gasteiger partial charge in [-0.05, 0) is 29.9 Å². The Bertz CT molecular complexity index is 425. The predicted octanol–water partition coefficient (Wildman–Crippen LogP) is 4.49. The smallest absolute Gasteiger partial charge is 0.304 e. The Kier molecular flexibility index (Phi) is 4.28. The van der Waals surface area contributed by atoms with E-state index in [4.69, 9.17) is 5.11 Å². The quantitative estimate of drug-likeness (QED) is 0.866. The highest BCUT2D eigenvalue weighted by Crippen LogP contribution is 2.34. The number of carbonyl (C=O) groups is 1. The van der Waals surface area contributed by atoms with Gasteiger partial charge in [-0.2, -0.15) is 0 Å². The van der Waals surface area contributed by atoms with Crippen LogP contribution >= 0.6 is 0 Å². The predicted molar refractivity (Wildman–Crippen MR) is 77.5 cm³/mol. The first kappa shape index (κ1) is 14.1. The standard InChI is InChI=1S/C17H24O2/c1-17(2,12-16(18)19)15-10-8-14(9-11-15)13-6-4-3-5-7-13/h8-11,13H,3-7,12H2,1-2H3,(H,18,19). The molecule has 1 fully saturated rings. The first-order valence-corrected chi connectivity index (χ1v) is 7.31. The van der Waals surface area contributed by atoms with Gasteiger partial charge in [-0.1, -0.05) is 57.4 Å². The number of hydrogen-bond acceptors (Lipinski definition) is 1. The summed E-state index contributed by atoms with van der Waals surface area (Å²) in [5.74, 6) is -0.0215. The lowest BCUT2D eigenvalue weighted by atomic mass is 9.79. The van der Waals surface area contributed by atoms with Gasteiger partial charge < -0.3 is 5.11 Å². The zero-order chi connectivity index (χ0) is 13.9. The summed E-state index contributed by atoms with van der Waals surface area (Å²) in [6.45, 7) is 3.99. The zero-order valence-corrected chi connectivity index (χ0v) is 12.0. The number of rotatable bonds is 4. The maximum absolute atomic E-state index is 10.9. The van der Waals surface area contributed by atoms with E-state index >= 15 is 0 Å². The first-order valence-electron chi connectivity index (χ1n) is 7.31. The molecular weight excluding hydrogens is 236 g/mol. The molecule has 1 N–H and O–H groups in total. The third-order valence-electron chi connectivity index (χ3n) is 4.36. The molecule has 1 aliphatic carbocycles. The molecule has 0 aromatic heterocycles. The second-order valence-electron chi connectivity index (χ2n) is 6.41. The van der Waals surface area contributed by atoms with Crippen molar-refractivity contribution in [3.05, 3.63) is 35.4 Å². The molecule has 2 heteroatoms. The normalized spacial score (nSPS) is 17.4. The van der Waals surface area contributed by atoms with Crippen molar-refractivity contribution in [2.45, 2.75) is 63.7 Å². The van der Waals surface area contributed by atoms with E-state index in [2.05, 4.69) is 24.3 Å². The highest BCUT2D eigenvalue weighted by Gasteiger charge is 2.24. The lowest BCUT2D eigenvalue weighted by molar-refractivity contribution is -0.138. The van der Waals surface area contributed by atoms with Crippen molar-refractivity contribution >= 4 is 5.97 Å². The van der Waals surface area contributed by atoms with Crippen LogP contribution in [-0.4, -0.2) is 11.1 Å². The summed E-state index contributed by atoms with van der Waals surface area (Å²) in [7, 11) is 0. The van der Waals surface area contributed by atoms with Gasteiger partial charge in [0.25, 0.3) is 0 Å². The molecule has 0 bridgehead atoms. The Morgan fingerprint density at radius 2 is 1.74 bits per heavy atom. The third-order valence-corrected chi connectivity index (χ3v) is 4.36. The van der Waals surface area contributed by atoms with E-state index in [1.807, 2.05) is 13.8 Å². The van der Waals surface area contributed by atoms with Crippen molar-refractivity contribution in [3.8, 4) is 0 Å². The van der Waals surface area contributed by atoms with E-state index in [1.165, 1.54) is 37.7 Å². The summed E-state index contributed by atoms with van der Waals surface area (Å²) in [5.41, 5.74) is 2.25. The lowest BCUT2D eigenvalue weighted by Crippen LogP contribution is -2.21. The van der Waals surface area contributed by atoms with Gasteiger partial charge in [0.15, 0.2) is 0 Å². The summed E-state index contributed by atoms with van der Waals surface area (Å²) < 4.78 is 0. The van der Waals surface area contributed by atoms with E-state index in [1.54, 1.807) is 0 Å². The maximum Gasteiger partial charge on any atom is 0.304 e.